The number of hydrogen-bond acceptors (Lipinski definition) is 3. The van der Waals surface area contributed by atoms with E-state index in [0.29, 0.717) is 11.1 Å². The van der Waals surface area contributed by atoms with E-state index in [-0.39, 0.29) is 23.9 Å². The number of carbonyl (C=O) groups excluding carboxylic acids is 2. The molecule has 1 heterocycles. The summed E-state index contributed by atoms with van der Waals surface area (Å²) in [6, 6.07) is 12.5. The SMILES string of the molecule is N#Cc1ccc([C@H](c2ccc(F)c(Cl)c2)N2CC(C(N)=O)CC2=O)cc1. The minimum Gasteiger partial charge on any atom is -0.369 e. The van der Waals surface area contributed by atoms with E-state index in [4.69, 9.17) is 22.6 Å². The number of amides is 2. The van der Waals surface area contributed by atoms with Crippen LogP contribution in [0, 0.1) is 23.1 Å². The Hall–Kier alpha value is -2.91. The first kappa shape index (κ1) is 17.9. The van der Waals surface area contributed by atoms with E-state index in [9.17, 15) is 14.0 Å². The van der Waals surface area contributed by atoms with Gasteiger partial charge in [-0.15, -0.1) is 0 Å². The lowest BCUT2D eigenvalue weighted by molar-refractivity contribution is -0.129. The maximum Gasteiger partial charge on any atom is 0.224 e. The van der Waals surface area contributed by atoms with Gasteiger partial charge in [0, 0.05) is 13.0 Å². The first-order chi connectivity index (χ1) is 12.4. The fourth-order valence-corrected chi connectivity index (χ4v) is 3.34. The van der Waals surface area contributed by atoms with Crippen LogP contribution in [0.4, 0.5) is 4.39 Å². The number of nitrogens with zero attached hydrogens (tertiary/aromatic N) is 2. The highest BCUT2D eigenvalue weighted by atomic mass is 35.5. The van der Waals surface area contributed by atoms with Gasteiger partial charge in [-0.3, -0.25) is 9.59 Å². The van der Waals surface area contributed by atoms with E-state index in [1.165, 1.54) is 12.1 Å². The summed E-state index contributed by atoms with van der Waals surface area (Å²) in [5.74, 6) is -1.88. The maximum atomic E-state index is 13.6. The van der Waals surface area contributed by atoms with Crippen molar-refractivity contribution in [2.24, 2.45) is 11.7 Å². The summed E-state index contributed by atoms with van der Waals surface area (Å²) < 4.78 is 13.6. The van der Waals surface area contributed by atoms with E-state index < -0.39 is 23.7 Å². The molecule has 2 amide bonds. The molecule has 5 nitrogen and oxygen atoms in total. The Labute approximate surface area is 154 Å². The zero-order chi connectivity index (χ0) is 18.8. The maximum absolute atomic E-state index is 13.6. The quantitative estimate of drug-likeness (QED) is 0.896. The van der Waals surface area contributed by atoms with E-state index in [2.05, 4.69) is 0 Å². The highest BCUT2D eigenvalue weighted by molar-refractivity contribution is 6.30. The third-order valence-electron chi connectivity index (χ3n) is 4.49. The molecule has 1 fully saturated rings. The minimum atomic E-state index is -0.570. The smallest absolute Gasteiger partial charge is 0.224 e. The van der Waals surface area contributed by atoms with Crippen LogP contribution in [-0.2, 0) is 9.59 Å². The zero-order valence-electron chi connectivity index (χ0n) is 13.7. The number of hydrogen-bond donors (Lipinski definition) is 1. The summed E-state index contributed by atoms with van der Waals surface area (Å²) in [5, 5.41) is 8.92. The average Bonchev–Trinajstić information content (AvgIpc) is 3.01. The van der Waals surface area contributed by atoms with Crippen LogP contribution in [0.15, 0.2) is 42.5 Å². The molecule has 1 aliphatic heterocycles. The Morgan fingerprint density at radius 3 is 2.46 bits per heavy atom. The summed E-state index contributed by atoms with van der Waals surface area (Å²) in [4.78, 5) is 25.6. The standard InChI is InChI=1S/C19H15ClFN3O2/c20-15-7-13(5-6-16(15)21)18(12-3-1-11(9-22)2-4-12)24-10-14(19(23)26)8-17(24)25/h1-7,14,18H,8,10H2,(H2,23,26)/t14?,18-/m1/s1. The van der Waals surface area contributed by atoms with Gasteiger partial charge in [0.25, 0.3) is 0 Å². The number of rotatable bonds is 4. The van der Waals surface area contributed by atoms with Crippen molar-refractivity contribution in [2.75, 3.05) is 6.54 Å². The first-order valence-electron chi connectivity index (χ1n) is 7.94. The molecule has 1 saturated heterocycles. The summed E-state index contributed by atoms with van der Waals surface area (Å²) in [6.07, 6.45) is 0.0387. The Kier molecular flexibility index (Phi) is 4.92. The lowest BCUT2D eigenvalue weighted by Gasteiger charge is -2.29. The van der Waals surface area contributed by atoms with Gasteiger partial charge in [0.2, 0.25) is 11.8 Å². The van der Waals surface area contributed by atoms with Crippen molar-refractivity contribution >= 4 is 23.4 Å². The Balaban J connectivity index is 2.06. The van der Waals surface area contributed by atoms with E-state index in [1.54, 1.807) is 35.2 Å². The van der Waals surface area contributed by atoms with Gasteiger partial charge >= 0.3 is 0 Å². The van der Waals surface area contributed by atoms with Gasteiger partial charge in [-0.1, -0.05) is 29.8 Å². The molecule has 0 aromatic heterocycles. The van der Waals surface area contributed by atoms with Crippen LogP contribution in [0.2, 0.25) is 5.02 Å². The Bertz CT molecular complexity index is 908. The molecule has 2 N–H and O–H groups in total. The Morgan fingerprint density at radius 1 is 1.27 bits per heavy atom. The monoisotopic (exact) mass is 371 g/mol. The number of benzene rings is 2. The van der Waals surface area contributed by atoms with Crippen LogP contribution in [0.5, 0.6) is 0 Å². The summed E-state index contributed by atoms with van der Waals surface area (Å²) in [6.45, 7) is 0.174. The molecule has 2 aromatic carbocycles. The molecule has 2 atom stereocenters. The largest absolute Gasteiger partial charge is 0.369 e. The topological polar surface area (TPSA) is 87.2 Å². The summed E-state index contributed by atoms with van der Waals surface area (Å²) in [7, 11) is 0. The number of primary amides is 1. The highest BCUT2D eigenvalue weighted by Crippen LogP contribution is 2.35. The fourth-order valence-electron chi connectivity index (χ4n) is 3.15. The molecule has 0 bridgehead atoms. The predicted octanol–water partition coefficient (Wildman–Crippen LogP) is 2.77. The van der Waals surface area contributed by atoms with Crippen molar-refractivity contribution in [3.8, 4) is 6.07 Å². The molecule has 1 unspecified atom stereocenters. The second-order valence-corrected chi connectivity index (χ2v) is 6.57. The number of halogens is 2. The second-order valence-electron chi connectivity index (χ2n) is 6.16. The highest BCUT2D eigenvalue weighted by Gasteiger charge is 2.38. The summed E-state index contributed by atoms with van der Waals surface area (Å²) >= 11 is 5.92. The van der Waals surface area contributed by atoms with Crippen LogP contribution < -0.4 is 5.73 Å². The van der Waals surface area contributed by atoms with Crippen molar-refractivity contribution in [2.45, 2.75) is 12.5 Å². The van der Waals surface area contributed by atoms with Crippen LogP contribution >= 0.6 is 11.6 Å². The van der Waals surface area contributed by atoms with Crippen molar-refractivity contribution in [1.29, 1.82) is 5.26 Å². The first-order valence-corrected chi connectivity index (χ1v) is 8.32. The molecule has 0 radical (unpaired) electrons. The molecule has 0 aliphatic carbocycles. The van der Waals surface area contributed by atoms with Gasteiger partial charge < -0.3 is 10.6 Å². The van der Waals surface area contributed by atoms with Crippen molar-refractivity contribution in [3.05, 3.63) is 70.0 Å². The van der Waals surface area contributed by atoms with Gasteiger partial charge in [0.05, 0.1) is 28.6 Å². The average molecular weight is 372 g/mol. The molecule has 2 aromatic rings. The third kappa shape index (κ3) is 3.39. The normalized spacial score (nSPS) is 17.8. The van der Waals surface area contributed by atoms with E-state index in [1.807, 2.05) is 6.07 Å². The van der Waals surface area contributed by atoms with Crippen LogP contribution in [0.25, 0.3) is 0 Å². The molecule has 3 rings (SSSR count). The molecular formula is C19H15ClFN3O2. The molecule has 0 saturated carbocycles. The van der Waals surface area contributed by atoms with Gasteiger partial charge in [-0.25, -0.2) is 4.39 Å². The summed E-state index contributed by atoms with van der Waals surface area (Å²) in [5.41, 5.74) is 7.17. The number of carbonyl (C=O) groups is 2. The third-order valence-corrected chi connectivity index (χ3v) is 4.78. The lowest BCUT2D eigenvalue weighted by atomic mass is 9.96. The van der Waals surface area contributed by atoms with Crippen LogP contribution in [0.1, 0.15) is 29.2 Å². The molecule has 26 heavy (non-hydrogen) atoms. The zero-order valence-corrected chi connectivity index (χ0v) is 14.4. The van der Waals surface area contributed by atoms with Crippen molar-refractivity contribution in [3.63, 3.8) is 0 Å². The van der Waals surface area contributed by atoms with Crippen LogP contribution in [-0.4, -0.2) is 23.3 Å². The van der Waals surface area contributed by atoms with E-state index in [0.717, 1.165) is 5.56 Å². The van der Waals surface area contributed by atoms with Gasteiger partial charge in [0.1, 0.15) is 5.82 Å². The van der Waals surface area contributed by atoms with Crippen molar-refractivity contribution < 1.29 is 14.0 Å². The number of likely N-dealkylation sites (tertiary alicyclic amines) is 1. The minimum absolute atomic E-state index is 0.0387. The van der Waals surface area contributed by atoms with Gasteiger partial charge in [0.15, 0.2) is 0 Å². The van der Waals surface area contributed by atoms with E-state index >= 15 is 0 Å². The predicted molar refractivity (Wildman–Crippen MR) is 93.4 cm³/mol. The second kappa shape index (κ2) is 7.14. The molecular weight excluding hydrogens is 357 g/mol. The fraction of sp³-hybridized carbons (Fsp3) is 0.211. The Morgan fingerprint density at radius 2 is 1.92 bits per heavy atom. The van der Waals surface area contributed by atoms with Gasteiger partial charge in [-0.05, 0) is 35.4 Å². The number of nitrogens with two attached hydrogens (primary N) is 1. The molecule has 7 heteroatoms. The lowest BCUT2D eigenvalue weighted by Crippen LogP contribution is -2.32. The van der Waals surface area contributed by atoms with Gasteiger partial charge in [-0.2, -0.15) is 5.26 Å². The molecule has 0 spiro atoms. The molecule has 132 valence electrons. The molecule has 1 aliphatic rings. The van der Waals surface area contributed by atoms with Crippen LogP contribution in [0.3, 0.4) is 0 Å². The van der Waals surface area contributed by atoms with Crippen molar-refractivity contribution in [1.82, 2.24) is 4.90 Å². The number of nitriles is 1.